The van der Waals surface area contributed by atoms with E-state index in [2.05, 4.69) is 39.1 Å². The number of amides is 1. The molecule has 2 rings (SSSR count). The smallest absolute Gasteiger partial charge is 0.278 e. The fraction of sp³-hybridized carbons (Fsp3) is 0.571. The molecule has 0 aliphatic carbocycles. The summed E-state index contributed by atoms with van der Waals surface area (Å²) < 4.78 is 0. The number of rotatable bonds is 7. The molecule has 0 radical (unpaired) electrons. The second kappa shape index (κ2) is 7.01. The minimum Gasteiger partial charge on any atom is -0.339 e. The van der Waals surface area contributed by atoms with E-state index in [4.69, 9.17) is 0 Å². The second-order valence-electron chi connectivity index (χ2n) is 5.56. The maximum Gasteiger partial charge on any atom is 0.278 e. The molecular weight excluding hydrogens is 270 g/mol. The molecule has 0 spiro atoms. The molecule has 1 amide bonds. The first-order chi connectivity index (χ1) is 10.1. The first-order valence-electron chi connectivity index (χ1n) is 7.29. The van der Waals surface area contributed by atoms with Crippen LogP contribution in [0.25, 0.3) is 11.2 Å². The van der Waals surface area contributed by atoms with Crippen molar-refractivity contribution in [1.29, 1.82) is 0 Å². The average Bonchev–Trinajstić information content (AvgIpc) is 2.86. The molecule has 2 aromatic heterocycles. The highest BCUT2D eigenvalue weighted by Gasteiger charge is 2.08. The van der Waals surface area contributed by atoms with Gasteiger partial charge < -0.3 is 4.98 Å². The Morgan fingerprint density at radius 1 is 1.33 bits per heavy atom. The molecule has 0 atom stereocenters. The Kier molecular flexibility index (Phi) is 5.08. The van der Waals surface area contributed by atoms with Crippen molar-refractivity contribution >= 4 is 23.0 Å². The molecule has 0 aliphatic rings. The van der Waals surface area contributed by atoms with Gasteiger partial charge in [0, 0.05) is 6.42 Å². The molecular formula is C14H21N5O2. The van der Waals surface area contributed by atoms with Crippen molar-refractivity contribution < 1.29 is 4.79 Å². The van der Waals surface area contributed by atoms with Gasteiger partial charge in [0.15, 0.2) is 11.2 Å². The molecule has 7 nitrogen and oxygen atoms in total. The van der Waals surface area contributed by atoms with Crippen molar-refractivity contribution in [2.45, 2.75) is 46.0 Å². The van der Waals surface area contributed by atoms with Crippen LogP contribution in [0, 0.1) is 5.92 Å². The van der Waals surface area contributed by atoms with E-state index in [0.717, 1.165) is 19.3 Å². The molecule has 2 aromatic rings. The Morgan fingerprint density at radius 3 is 2.90 bits per heavy atom. The summed E-state index contributed by atoms with van der Waals surface area (Å²) in [4.78, 5) is 36.7. The van der Waals surface area contributed by atoms with Gasteiger partial charge in [0.25, 0.3) is 5.56 Å². The summed E-state index contributed by atoms with van der Waals surface area (Å²) in [5.74, 6) is 0.707. The number of H-pyrrole nitrogens is 2. The summed E-state index contributed by atoms with van der Waals surface area (Å²) in [7, 11) is 0. The lowest BCUT2D eigenvalue weighted by molar-refractivity contribution is -0.116. The molecule has 3 N–H and O–H groups in total. The molecule has 2 heterocycles. The van der Waals surface area contributed by atoms with Crippen LogP contribution in [0.1, 0.15) is 46.0 Å². The largest absolute Gasteiger partial charge is 0.339 e. The van der Waals surface area contributed by atoms with Gasteiger partial charge >= 0.3 is 0 Å². The third kappa shape index (κ3) is 4.40. The fourth-order valence-electron chi connectivity index (χ4n) is 2.11. The van der Waals surface area contributed by atoms with Gasteiger partial charge in [-0.15, -0.1) is 0 Å². The van der Waals surface area contributed by atoms with E-state index in [1.54, 1.807) is 0 Å². The molecule has 7 heteroatoms. The first-order valence-corrected chi connectivity index (χ1v) is 7.29. The number of anilines is 1. The van der Waals surface area contributed by atoms with Gasteiger partial charge in [-0.1, -0.05) is 33.1 Å². The van der Waals surface area contributed by atoms with E-state index in [0.29, 0.717) is 23.5 Å². The summed E-state index contributed by atoms with van der Waals surface area (Å²) >= 11 is 0. The van der Waals surface area contributed by atoms with Gasteiger partial charge in [-0.05, 0) is 12.3 Å². The average molecular weight is 291 g/mol. The maximum atomic E-state index is 11.8. The number of unbranched alkanes of at least 4 members (excludes halogenated alkanes) is 2. The molecule has 114 valence electrons. The summed E-state index contributed by atoms with van der Waals surface area (Å²) in [5, 5.41) is 2.60. The Bertz CT molecular complexity index is 659. The fourth-order valence-corrected chi connectivity index (χ4v) is 2.11. The molecule has 0 aliphatic heterocycles. The molecule has 0 fully saturated rings. The zero-order valence-electron chi connectivity index (χ0n) is 12.4. The lowest BCUT2D eigenvalue weighted by Crippen LogP contribution is -2.18. The number of aromatic amines is 2. The zero-order chi connectivity index (χ0) is 15.2. The standard InChI is InChI=1S/C14H21N5O2/c1-9(2)6-4-3-5-7-10(20)17-14-18-12-11(13(21)19-14)15-8-16-12/h8-9H,3-7H2,1-2H3,(H3,15,16,17,18,19,20,21). The van der Waals surface area contributed by atoms with E-state index < -0.39 is 0 Å². The minimum absolute atomic E-state index is 0.141. The molecule has 21 heavy (non-hydrogen) atoms. The predicted octanol–water partition coefficient (Wildman–Crippen LogP) is 2.19. The minimum atomic E-state index is -0.343. The number of nitrogens with one attached hydrogen (secondary N) is 3. The number of nitrogens with zero attached hydrogens (tertiary/aromatic N) is 2. The van der Waals surface area contributed by atoms with Crippen LogP contribution in [-0.4, -0.2) is 25.8 Å². The zero-order valence-corrected chi connectivity index (χ0v) is 12.4. The number of imidazole rings is 1. The van der Waals surface area contributed by atoms with Crippen LogP contribution in [0.2, 0.25) is 0 Å². The predicted molar refractivity (Wildman–Crippen MR) is 81.1 cm³/mol. The Balaban J connectivity index is 1.82. The van der Waals surface area contributed by atoms with Gasteiger partial charge in [0.2, 0.25) is 11.9 Å². The van der Waals surface area contributed by atoms with E-state index in [1.807, 2.05) is 0 Å². The topological polar surface area (TPSA) is 104 Å². The number of aromatic nitrogens is 4. The van der Waals surface area contributed by atoms with Crippen LogP contribution in [-0.2, 0) is 4.79 Å². The van der Waals surface area contributed by atoms with Crippen LogP contribution >= 0.6 is 0 Å². The number of carbonyl (C=O) groups is 1. The summed E-state index contributed by atoms with van der Waals surface area (Å²) in [6, 6.07) is 0. The highest BCUT2D eigenvalue weighted by molar-refractivity contribution is 5.89. The van der Waals surface area contributed by atoms with Gasteiger partial charge in [-0.25, -0.2) is 4.98 Å². The number of carbonyl (C=O) groups excluding carboxylic acids is 1. The Morgan fingerprint density at radius 2 is 2.14 bits per heavy atom. The summed E-state index contributed by atoms with van der Waals surface area (Å²) in [6.45, 7) is 4.39. The molecule has 0 saturated heterocycles. The van der Waals surface area contributed by atoms with Crippen molar-refractivity contribution in [3.63, 3.8) is 0 Å². The third-order valence-corrected chi connectivity index (χ3v) is 3.24. The summed E-state index contributed by atoms with van der Waals surface area (Å²) in [6.07, 6.45) is 6.03. The normalized spacial score (nSPS) is 11.2. The van der Waals surface area contributed by atoms with E-state index in [9.17, 15) is 9.59 Å². The first kappa shape index (κ1) is 15.2. The van der Waals surface area contributed by atoms with Crippen molar-refractivity contribution in [1.82, 2.24) is 19.9 Å². The number of fused-ring (bicyclic) bond motifs is 1. The van der Waals surface area contributed by atoms with Gasteiger partial charge in [-0.2, -0.15) is 4.98 Å². The second-order valence-corrected chi connectivity index (χ2v) is 5.56. The highest BCUT2D eigenvalue weighted by atomic mass is 16.2. The van der Waals surface area contributed by atoms with E-state index in [-0.39, 0.29) is 17.4 Å². The van der Waals surface area contributed by atoms with Crippen LogP contribution in [0.4, 0.5) is 5.95 Å². The van der Waals surface area contributed by atoms with Crippen LogP contribution in [0.15, 0.2) is 11.1 Å². The van der Waals surface area contributed by atoms with Crippen molar-refractivity contribution in [2.75, 3.05) is 5.32 Å². The molecule has 0 saturated carbocycles. The lowest BCUT2D eigenvalue weighted by Gasteiger charge is -2.05. The SMILES string of the molecule is CC(C)CCCCCC(=O)Nc1nc2nc[nH]c2c(=O)[nH]1. The Hall–Kier alpha value is -2.18. The lowest BCUT2D eigenvalue weighted by atomic mass is 10.0. The van der Waals surface area contributed by atoms with Crippen molar-refractivity contribution in [3.8, 4) is 0 Å². The van der Waals surface area contributed by atoms with Crippen LogP contribution < -0.4 is 10.9 Å². The van der Waals surface area contributed by atoms with E-state index in [1.165, 1.54) is 12.7 Å². The molecule has 0 unspecified atom stereocenters. The quantitative estimate of drug-likeness (QED) is 0.680. The van der Waals surface area contributed by atoms with Gasteiger partial charge in [0.1, 0.15) is 0 Å². The maximum absolute atomic E-state index is 11.8. The molecule has 0 bridgehead atoms. The third-order valence-electron chi connectivity index (χ3n) is 3.24. The van der Waals surface area contributed by atoms with E-state index >= 15 is 0 Å². The van der Waals surface area contributed by atoms with Crippen LogP contribution in [0.5, 0.6) is 0 Å². The number of hydrogen-bond acceptors (Lipinski definition) is 4. The highest BCUT2D eigenvalue weighted by Crippen LogP contribution is 2.10. The Labute approximate surface area is 122 Å². The number of hydrogen-bond donors (Lipinski definition) is 3. The van der Waals surface area contributed by atoms with Crippen molar-refractivity contribution in [3.05, 3.63) is 16.7 Å². The van der Waals surface area contributed by atoms with Crippen molar-refractivity contribution in [2.24, 2.45) is 5.92 Å². The monoisotopic (exact) mass is 291 g/mol. The van der Waals surface area contributed by atoms with Crippen LogP contribution in [0.3, 0.4) is 0 Å². The molecule has 0 aromatic carbocycles. The van der Waals surface area contributed by atoms with Gasteiger partial charge in [-0.3, -0.25) is 19.9 Å². The van der Waals surface area contributed by atoms with Gasteiger partial charge in [0.05, 0.1) is 6.33 Å². The summed E-state index contributed by atoms with van der Waals surface area (Å²) in [5.41, 5.74) is 0.261.